The van der Waals surface area contributed by atoms with Crippen molar-refractivity contribution in [2.45, 2.75) is 11.3 Å². The highest BCUT2D eigenvalue weighted by atomic mass is 35.5. The van der Waals surface area contributed by atoms with Crippen LogP contribution in [-0.2, 0) is 10.0 Å². The summed E-state index contributed by atoms with van der Waals surface area (Å²) >= 11 is 5.49. The second kappa shape index (κ2) is 4.48. The Morgan fingerprint density at radius 2 is 2.12 bits per heavy atom. The minimum atomic E-state index is -4.31. The third-order valence-electron chi connectivity index (χ3n) is 1.72. The molecule has 16 heavy (non-hydrogen) atoms. The van der Waals surface area contributed by atoms with E-state index in [2.05, 4.69) is 9.72 Å². The third kappa shape index (κ3) is 2.39. The molecule has 0 aliphatic rings. The highest BCUT2D eigenvalue weighted by Gasteiger charge is 2.27. The zero-order valence-corrected chi connectivity index (χ0v) is 9.52. The average molecular weight is 273 g/mol. The number of halogens is 3. The lowest BCUT2D eigenvalue weighted by Gasteiger charge is -2.12. The second-order valence-corrected chi connectivity index (χ2v) is 4.59. The van der Waals surface area contributed by atoms with Gasteiger partial charge in [0.25, 0.3) is 6.43 Å². The number of nitrogens with two attached hydrogens (primary N) is 1. The van der Waals surface area contributed by atoms with Gasteiger partial charge in [0.1, 0.15) is 4.90 Å². The van der Waals surface area contributed by atoms with Crippen LogP contribution in [0.3, 0.4) is 0 Å². The summed E-state index contributed by atoms with van der Waals surface area (Å²) in [5.41, 5.74) is -0.884. The van der Waals surface area contributed by atoms with Gasteiger partial charge in [0, 0.05) is 6.20 Å². The summed E-state index contributed by atoms with van der Waals surface area (Å²) in [5, 5.41) is 4.41. The molecule has 0 aliphatic heterocycles. The van der Waals surface area contributed by atoms with Crippen LogP contribution in [0.1, 0.15) is 12.0 Å². The molecule has 0 atom stereocenters. The van der Waals surface area contributed by atoms with Gasteiger partial charge in [0.15, 0.2) is 10.9 Å². The number of alkyl halides is 2. The van der Waals surface area contributed by atoms with Gasteiger partial charge in [-0.15, -0.1) is 0 Å². The number of primary sulfonamides is 1. The first-order chi connectivity index (χ1) is 7.29. The fraction of sp³-hybridized carbons (Fsp3) is 0.286. The van der Waals surface area contributed by atoms with E-state index < -0.39 is 32.7 Å². The molecule has 0 fully saturated rings. The summed E-state index contributed by atoms with van der Waals surface area (Å²) in [6.45, 7) is 0. The summed E-state index contributed by atoms with van der Waals surface area (Å²) < 4.78 is 52.1. The number of nitrogens with zero attached hydrogens (tertiary/aromatic N) is 1. The number of hydrogen-bond acceptors (Lipinski definition) is 4. The maximum absolute atomic E-state index is 12.7. The molecule has 0 unspecified atom stereocenters. The number of rotatable bonds is 3. The first kappa shape index (κ1) is 13.1. The minimum absolute atomic E-state index is 0.356. The maximum atomic E-state index is 12.7. The molecule has 2 N–H and O–H groups in total. The zero-order chi connectivity index (χ0) is 12.5. The summed E-state index contributed by atoms with van der Waals surface area (Å²) in [6.07, 6.45) is -2.43. The van der Waals surface area contributed by atoms with Gasteiger partial charge >= 0.3 is 0 Å². The highest BCUT2D eigenvalue weighted by molar-refractivity contribution is 7.89. The number of methoxy groups -OCH3 is 1. The Hall–Kier alpha value is -0.990. The van der Waals surface area contributed by atoms with E-state index in [9.17, 15) is 17.2 Å². The molecular formula is C7H7ClF2N2O3S. The fourth-order valence-corrected chi connectivity index (χ4v) is 2.01. The van der Waals surface area contributed by atoms with Crippen molar-refractivity contribution in [3.8, 4) is 5.75 Å². The van der Waals surface area contributed by atoms with Crippen LogP contribution >= 0.6 is 11.6 Å². The molecule has 1 aromatic heterocycles. The lowest BCUT2D eigenvalue weighted by molar-refractivity contribution is 0.143. The van der Waals surface area contributed by atoms with Crippen molar-refractivity contribution in [2.75, 3.05) is 7.11 Å². The Morgan fingerprint density at radius 3 is 2.50 bits per heavy atom. The molecule has 1 heterocycles. The Bertz CT molecular complexity index is 507. The van der Waals surface area contributed by atoms with Crippen molar-refractivity contribution in [2.24, 2.45) is 5.14 Å². The van der Waals surface area contributed by atoms with Gasteiger partial charge in [0.05, 0.1) is 12.7 Å². The minimum Gasteiger partial charge on any atom is -0.493 e. The molecule has 90 valence electrons. The Kier molecular flexibility index (Phi) is 3.66. The predicted molar refractivity (Wildman–Crippen MR) is 52.1 cm³/mol. The van der Waals surface area contributed by atoms with E-state index in [1.165, 1.54) is 0 Å². The predicted octanol–water partition coefficient (Wildman–Crippen LogP) is 1.33. The van der Waals surface area contributed by atoms with Crippen molar-refractivity contribution < 1.29 is 21.9 Å². The number of sulfonamides is 1. The molecule has 9 heteroatoms. The standard InChI is InChI=1S/C7H7ClF2N2O3S/c1-15-5-4(7(9)10)3(16(11,13)14)2-12-6(5)8/h2,7H,1H3,(H2,11,13,14). The molecule has 0 spiro atoms. The number of ether oxygens (including phenoxy) is 1. The molecule has 1 aromatic rings. The van der Waals surface area contributed by atoms with Crippen molar-refractivity contribution in [3.63, 3.8) is 0 Å². The topological polar surface area (TPSA) is 82.3 Å². The van der Waals surface area contributed by atoms with Crippen molar-refractivity contribution in [1.29, 1.82) is 0 Å². The molecule has 0 radical (unpaired) electrons. The Labute approximate surface area is 95.2 Å². The number of hydrogen-bond donors (Lipinski definition) is 1. The summed E-state index contributed by atoms with van der Waals surface area (Å²) in [4.78, 5) is 2.61. The van der Waals surface area contributed by atoms with Crippen LogP contribution in [0.15, 0.2) is 11.1 Å². The van der Waals surface area contributed by atoms with Crippen LogP contribution in [-0.4, -0.2) is 20.5 Å². The van der Waals surface area contributed by atoms with Crippen LogP contribution in [0.4, 0.5) is 8.78 Å². The van der Waals surface area contributed by atoms with Crippen LogP contribution in [0.25, 0.3) is 0 Å². The lowest BCUT2D eigenvalue weighted by Crippen LogP contribution is -2.16. The van der Waals surface area contributed by atoms with E-state index in [1.807, 2.05) is 0 Å². The summed E-state index contributed by atoms with van der Waals surface area (Å²) in [5.74, 6) is -0.497. The van der Waals surface area contributed by atoms with Crippen LogP contribution in [0, 0.1) is 0 Å². The van der Waals surface area contributed by atoms with E-state index >= 15 is 0 Å². The quantitative estimate of drug-likeness (QED) is 0.842. The molecular weight excluding hydrogens is 266 g/mol. The van der Waals surface area contributed by atoms with Gasteiger partial charge in [-0.1, -0.05) is 11.6 Å². The van der Waals surface area contributed by atoms with E-state index in [4.69, 9.17) is 16.7 Å². The molecule has 1 rings (SSSR count). The monoisotopic (exact) mass is 272 g/mol. The molecule has 0 aliphatic carbocycles. The SMILES string of the molecule is COc1c(Cl)ncc(S(N)(=O)=O)c1C(F)F. The van der Waals surface area contributed by atoms with Gasteiger partial charge in [-0.2, -0.15) is 0 Å². The van der Waals surface area contributed by atoms with E-state index in [-0.39, 0.29) is 5.15 Å². The number of aromatic nitrogens is 1. The average Bonchev–Trinajstić information content (AvgIpc) is 2.14. The maximum Gasteiger partial charge on any atom is 0.268 e. The van der Waals surface area contributed by atoms with Gasteiger partial charge in [0.2, 0.25) is 10.0 Å². The first-order valence-corrected chi connectivity index (χ1v) is 5.74. The summed E-state index contributed by atoms with van der Waals surface area (Å²) in [6, 6.07) is 0. The van der Waals surface area contributed by atoms with Crippen LogP contribution < -0.4 is 9.88 Å². The van der Waals surface area contributed by atoms with E-state index in [0.717, 1.165) is 7.11 Å². The van der Waals surface area contributed by atoms with E-state index in [1.54, 1.807) is 0 Å². The normalized spacial score (nSPS) is 11.9. The van der Waals surface area contributed by atoms with Gasteiger partial charge in [-0.05, 0) is 0 Å². The van der Waals surface area contributed by atoms with Gasteiger partial charge in [-0.3, -0.25) is 0 Å². The molecule has 5 nitrogen and oxygen atoms in total. The fourth-order valence-electron chi connectivity index (χ4n) is 1.09. The Morgan fingerprint density at radius 1 is 1.56 bits per heavy atom. The largest absolute Gasteiger partial charge is 0.493 e. The molecule has 0 saturated carbocycles. The highest BCUT2D eigenvalue weighted by Crippen LogP contribution is 2.37. The molecule has 0 amide bonds. The smallest absolute Gasteiger partial charge is 0.268 e. The molecule has 0 bridgehead atoms. The van der Waals surface area contributed by atoms with Crippen LogP contribution in [0.2, 0.25) is 5.15 Å². The third-order valence-corrected chi connectivity index (χ3v) is 2.93. The lowest BCUT2D eigenvalue weighted by atomic mass is 10.2. The van der Waals surface area contributed by atoms with Crippen molar-refractivity contribution in [1.82, 2.24) is 4.98 Å². The summed E-state index contributed by atoms with van der Waals surface area (Å²) in [7, 11) is -3.24. The first-order valence-electron chi connectivity index (χ1n) is 3.82. The van der Waals surface area contributed by atoms with Gasteiger partial charge in [-0.25, -0.2) is 27.3 Å². The Balaban J connectivity index is 3.65. The second-order valence-electron chi connectivity index (χ2n) is 2.71. The van der Waals surface area contributed by atoms with Crippen LogP contribution in [0.5, 0.6) is 5.75 Å². The molecule has 0 aromatic carbocycles. The van der Waals surface area contributed by atoms with E-state index in [0.29, 0.717) is 6.20 Å². The van der Waals surface area contributed by atoms with Gasteiger partial charge < -0.3 is 4.74 Å². The zero-order valence-electron chi connectivity index (χ0n) is 7.95. The molecule has 0 saturated heterocycles. The van der Waals surface area contributed by atoms with Crippen molar-refractivity contribution in [3.05, 3.63) is 16.9 Å². The number of pyridine rings is 1. The van der Waals surface area contributed by atoms with Crippen molar-refractivity contribution >= 4 is 21.6 Å².